The molecule has 0 saturated carbocycles. The minimum absolute atomic E-state index is 0.0137. The van der Waals surface area contributed by atoms with Crippen molar-refractivity contribution in [2.45, 2.75) is 69.8 Å². The molecule has 1 aliphatic heterocycles. The van der Waals surface area contributed by atoms with E-state index >= 15 is 0 Å². The molecule has 0 bridgehead atoms. The SMILES string of the molecule is C[C@@H](O[C@H]1CN(C(=O)OC(C)(C)C)[C@@H](C=O)[C@@H]1c1ccc(F)cc1)c1cc(C(F)(F)F)cc(C(F)(F)F)c1. The molecule has 5 nitrogen and oxygen atoms in total. The number of halogens is 7. The summed E-state index contributed by atoms with van der Waals surface area (Å²) in [6.45, 7) is 5.84. The standard InChI is InChI=1S/C26H26F7NO4/c1-14(16-9-17(25(28,29)30)11-18(10-16)26(31,32)33)37-21-12-34(23(36)38-24(2,3)4)20(13-35)22(21)15-5-7-19(27)8-6-15/h5-11,13-14,20-22H,12H2,1-4H3/t14-,20+,21+,22+/m1/s1. The summed E-state index contributed by atoms with van der Waals surface area (Å²) in [6, 6.07) is 4.95. The van der Waals surface area contributed by atoms with Crippen LogP contribution in [0, 0.1) is 5.82 Å². The predicted octanol–water partition coefficient (Wildman–Crippen LogP) is 6.91. The maximum Gasteiger partial charge on any atom is 0.416 e. The molecule has 1 amide bonds. The number of benzene rings is 2. The third-order valence-electron chi connectivity index (χ3n) is 5.99. The highest BCUT2D eigenvalue weighted by Gasteiger charge is 2.47. The highest BCUT2D eigenvalue weighted by Crippen LogP contribution is 2.41. The molecule has 0 aliphatic carbocycles. The van der Waals surface area contributed by atoms with Gasteiger partial charge in [-0.3, -0.25) is 4.90 Å². The van der Waals surface area contributed by atoms with Crippen LogP contribution >= 0.6 is 0 Å². The maximum absolute atomic E-state index is 13.6. The van der Waals surface area contributed by atoms with Crippen molar-refractivity contribution in [3.05, 3.63) is 70.5 Å². The Bertz CT molecular complexity index is 1120. The number of rotatable bonds is 5. The molecule has 3 rings (SSSR count). The Labute approximate surface area is 214 Å². The lowest BCUT2D eigenvalue weighted by Gasteiger charge is -2.27. The van der Waals surface area contributed by atoms with Crippen LogP contribution in [0.2, 0.25) is 0 Å². The summed E-state index contributed by atoms with van der Waals surface area (Å²) < 4.78 is 105. The number of hydrogen-bond donors (Lipinski definition) is 0. The fourth-order valence-electron chi connectivity index (χ4n) is 4.30. The number of ether oxygens (including phenoxy) is 2. The van der Waals surface area contributed by atoms with Crippen LogP contribution in [0.25, 0.3) is 0 Å². The molecule has 0 aromatic heterocycles. The highest BCUT2D eigenvalue weighted by atomic mass is 19.4. The van der Waals surface area contributed by atoms with E-state index < -0.39 is 70.7 Å². The molecule has 0 unspecified atom stereocenters. The molecule has 2 aromatic rings. The van der Waals surface area contributed by atoms with Crippen molar-refractivity contribution in [2.75, 3.05) is 6.54 Å². The van der Waals surface area contributed by atoms with Crippen molar-refractivity contribution in [1.82, 2.24) is 4.90 Å². The monoisotopic (exact) mass is 549 g/mol. The Hall–Kier alpha value is -3.15. The summed E-state index contributed by atoms with van der Waals surface area (Å²) >= 11 is 0. The Morgan fingerprint density at radius 2 is 1.50 bits per heavy atom. The lowest BCUT2D eigenvalue weighted by molar-refractivity contribution is -0.143. The van der Waals surface area contributed by atoms with Crippen molar-refractivity contribution in [3.63, 3.8) is 0 Å². The third-order valence-corrected chi connectivity index (χ3v) is 5.99. The lowest BCUT2D eigenvalue weighted by atomic mass is 9.90. The van der Waals surface area contributed by atoms with E-state index in [9.17, 15) is 40.3 Å². The molecule has 0 N–H and O–H groups in total. The molecule has 1 heterocycles. The molecule has 1 aliphatic rings. The van der Waals surface area contributed by atoms with Gasteiger partial charge >= 0.3 is 18.4 Å². The second-order valence-corrected chi connectivity index (χ2v) is 9.99. The van der Waals surface area contributed by atoms with Crippen LogP contribution in [-0.2, 0) is 26.6 Å². The minimum atomic E-state index is -5.05. The average molecular weight is 549 g/mol. The number of carbonyl (C=O) groups excluding carboxylic acids is 2. The van der Waals surface area contributed by atoms with E-state index in [-0.39, 0.29) is 12.6 Å². The van der Waals surface area contributed by atoms with Gasteiger partial charge < -0.3 is 14.3 Å². The Balaban J connectivity index is 2.01. The van der Waals surface area contributed by atoms with Crippen molar-refractivity contribution < 1.29 is 49.8 Å². The third kappa shape index (κ3) is 6.83. The smallest absolute Gasteiger partial charge is 0.416 e. The summed E-state index contributed by atoms with van der Waals surface area (Å²) in [7, 11) is 0. The van der Waals surface area contributed by atoms with Gasteiger partial charge in [0.25, 0.3) is 0 Å². The summed E-state index contributed by atoms with van der Waals surface area (Å²) in [4.78, 5) is 26.1. The van der Waals surface area contributed by atoms with Gasteiger partial charge in [0.05, 0.1) is 29.9 Å². The van der Waals surface area contributed by atoms with Crippen LogP contribution in [0.1, 0.15) is 62.0 Å². The van der Waals surface area contributed by atoms with Crippen molar-refractivity contribution in [2.24, 2.45) is 0 Å². The number of nitrogens with zero attached hydrogens (tertiary/aromatic N) is 1. The average Bonchev–Trinajstić information content (AvgIpc) is 3.15. The summed E-state index contributed by atoms with van der Waals surface area (Å²) in [5.41, 5.74) is -3.94. The van der Waals surface area contributed by atoms with E-state index in [4.69, 9.17) is 9.47 Å². The normalized spacial score (nSPS) is 21.3. The van der Waals surface area contributed by atoms with Gasteiger partial charge in [0.1, 0.15) is 23.7 Å². The van der Waals surface area contributed by atoms with Gasteiger partial charge in [-0.25, -0.2) is 9.18 Å². The van der Waals surface area contributed by atoms with Crippen molar-refractivity contribution in [3.8, 4) is 0 Å². The Kier molecular flexibility index (Phi) is 8.16. The fourth-order valence-corrected chi connectivity index (χ4v) is 4.30. The number of amides is 1. The van der Waals surface area contributed by atoms with E-state index in [1.165, 1.54) is 19.1 Å². The number of carbonyl (C=O) groups is 2. The van der Waals surface area contributed by atoms with E-state index in [0.29, 0.717) is 24.0 Å². The molecule has 0 spiro atoms. The molecule has 1 saturated heterocycles. The minimum Gasteiger partial charge on any atom is -0.444 e. The van der Waals surface area contributed by atoms with Gasteiger partial charge in [0.2, 0.25) is 0 Å². The molecular weight excluding hydrogens is 523 g/mol. The molecule has 4 atom stereocenters. The first-order chi connectivity index (χ1) is 17.4. The summed E-state index contributed by atoms with van der Waals surface area (Å²) in [5.74, 6) is -1.48. The number of aldehydes is 1. The largest absolute Gasteiger partial charge is 0.444 e. The Morgan fingerprint density at radius 1 is 0.974 bits per heavy atom. The first kappa shape index (κ1) is 29.4. The summed E-state index contributed by atoms with van der Waals surface area (Å²) in [5, 5.41) is 0. The number of alkyl halides is 6. The fraction of sp³-hybridized carbons (Fsp3) is 0.462. The zero-order valence-electron chi connectivity index (χ0n) is 20.9. The van der Waals surface area contributed by atoms with Crippen LogP contribution in [0.5, 0.6) is 0 Å². The first-order valence-electron chi connectivity index (χ1n) is 11.6. The van der Waals surface area contributed by atoms with Crippen LogP contribution < -0.4 is 0 Å². The molecule has 208 valence electrons. The predicted molar refractivity (Wildman–Crippen MR) is 122 cm³/mol. The highest BCUT2D eigenvalue weighted by molar-refractivity contribution is 5.76. The maximum atomic E-state index is 13.6. The van der Waals surface area contributed by atoms with E-state index in [0.717, 1.165) is 17.0 Å². The number of likely N-dealkylation sites (tertiary alicyclic amines) is 1. The zero-order valence-corrected chi connectivity index (χ0v) is 20.9. The molecular formula is C26H26F7NO4. The first-order valence-corrected chi connectivity index (χ1v) is 11.6. The van der Waals surface area contributed by atoms with Gasteiger partial charge in [-0.05, 0) is 69.2 Å². The van der Waals surface area contributed by atoms with Crippen LogP contribution in [0.4, 0.5) is 35.5 Å². The van der Waals surface area contributed by atoms with E-state index in [1.54, 1.807) is 20.8 Å². The van der Waals surface area contributed by atoms with E-state index in [1.807, 2.05) is 0 Å². The van der Waals surface area contributed by atoms with Crippen LogP contribution in [-0.4, -0.2) is 41.6 Å². The van der Waals surface area contributed by atoms with Crippen LogP contribution in [0.3, 0.4) is 0 Å². The van der Waals surface area contributed by atoms with Gasteiger partial charge in [-0.1, -0.05) is 12.1 Å². The molecule has 38 heavy (non-hydrogen) atoms. The number of hydrogen-bond acceptors (Lipinski definition) is 4. The zero-order chi connectivity index (χ0) is 28.6. The van der Waals surface area contributed by atoms with Crippen molar-refractivity contribution >= 4 is 12.4 Å². The Morgan fingerprint density at radius 3 is 1.95 bits per heavy atom. The van der Waals surface area contributed by atoms with E-state index in [2.05, 4.69) is 0 Å². The van der Waals surface area contributed by atoms with Crippen LogP contribution in [0.15, 0.2) is 42.5 Å². The van der Waals surface area contributed by atoms with Gasteiger partial charge in [-0.15, -0.1) is 0 Å². The van der Waals surface area contributed by atoms with Crippen molar-refractivity contribution in [1.29, 1.82) is 0 Å². The van der Waals surface area contributed by atoms with Gasteiger partial charge in [-0.2, -0.15) is 26.3 Å². The molecule has 1 fully saturated rings. The quantitative estimate of drug-likeness (QED) is 0.301. The molecule has 2 aromatic carbocycles. The lowest BCUT2D eigenvalue weighted by Crippen LogP contribution is -2.41. The second kappa shape index (κ2) is 10.5. The van der Waals surface area contributed by atoms with Gasteiger partial charge in [0.15, 0.2) is 0 Å². The topological polar surface area (TPSA) is 55.8 Å². The second-order valence-electron chi connectivity index (χ2n) is 9.99. The molecule has 0 radical (unpaired) electrons. The molecule has 12 heteroatoms. The van der Waals surface area contributed by atoms with Gasteiger partial charge in [0, 0.05) is 5.92 Å². The summed E-state index contributed by atoms with van der Waals surface area (Å²) in [6.07, 6.45) is -12.8.